The van der Waals surface area contributed by atoms with Crippen molar-refractivity contribution in [2.75, 3.05) is 25.0 Å². The van der Waals surface area contributed by atoms with Gasteiger partial charge in [-0.05, 0) is 89.8 Å². The average Bonchev–Trinajstić information content (AvgIpc) is 3.11. The van der Waals surface area contributed by atoms with Crippen LogP contribution in [-0.2, 0) is 26.2 Å². The van der Waals surface area contributed by atoms with Crippen LogP contribution in [0.1, 0.15) is 64.5 Å². The summed E-state index contributed by atoms with van der Waals surface area (Å²) in [5, 5.41) is 6.14. The molecule has 2 aliphatic heterocycles. The molecule has 210 valence electrons. The van der Waals surface area contributed by atoms with Gasteiger partial charge in [-0.1, -0.05) is 30.3 Å². The minimum absolute atomic E-state index is 0.0342. The predicted octanol–water partition coefficient (Wildman–Crippen LogP) is 3.95. The summed E-state index contributed by atoms with van der Waals surface area (Å²) < 4.78 is 14.0. The molecule has 1 fully saturated rings. The van der Waals surface area contributed by atoms with Crippen LogP contribution in [0.15, 0.2) is 48.5 Å². The van der Waals surface area contributed by atoms with Crippen LogP contribution >= 0.6 is 0 Å². The second kappa shape index (κ2) is 11.5. The van der Waals surface area contributed by atoms with Crippen LogP contribution < -0.4 is 15.5 Å². The zero-order valence-electron chi connectivity index (χ0n) is 23.7. The summed E-state index contributed by atoms with van der Waals surface area (Å²) in [6.07, 6.45) is 2.68. The molecule has 1 atom stereocenters. The summed E-state index contributed by atoms with van der Waals surface area (Å²) in [5.41, 5.74) is 1.41. The van der Waals surface area contributed by atoms with E-state index in [1.54, 1.807) is 6.07 Å². The van der Waals surface area contributed by atoms with E-state index in [2.05, 4.69) is 10.6 Å². The highest BCUT2D eigenvalue weighted by Gasteiger charge is 2.47. The Morgan fingerprint density at radius 1 is 1.10 bits per heavy atom. The van der Waals surface area contributed by atoms with Crippen molar-refractivity contribution in [3.05, 3.63) is 65.5 Å². The number of hydrogen-bond acceptors (Lipinski definition) is 4. The molecule has 39 heavy (non-hydrogen) atoms. The van der Waals surface area contributed by atoms with Crippen LogP contribution in [0, 0.1) is 5.82 Å². The number of carbonyl (C=O) groups is 3. The van der Waals surface area contributed by atoms with Gasteiger partial charge in [-0.2, -0.15) is 0 Å². The smallest absolute Gasteiger partial charge is 0.245 e. The quantitative estimate of drug-likeness (QED) is 0.509. The fourth-order valence-corrected chi connectivity index (χ4v) is 5.62. The third-order valence-electron chi connectivity index (χ3n) is 8.26. The van der Waals surface area contributed by atoms with E-state index in [1.807, 2.05) is 74.9 Å². The Morgan fingerprint density at radius 2 is 1.77 bits per heavy atom. The standard InChI is InChI=1S/C31H41FN4O3/c1-30(2,33-5)20-27(37)34-25(13-11-21-9-7-6-8-10-21)28(38)35-17-15-23(16-18-35)36-26-14-12-22(32)19-24(26)31(3,4)29(36)39/h6-10,12,14,19,23,25,33H,11,13,15-18,20H2,1-5H3,(H,34,37). The average molecular weight is 537 g/mol. The molecule has 2 aliphatic rings. The Hall–Kier alpha value is -3.26. The fraction of sp³-hybridized carbons (Fsp3) is 0.516. The van der Waals surface area contributed by atoms with Gasteiger partial charge < -0.3 is 20.4 Å². The third kappa shape index (κ3) is 6.32. The Balaban J connectivity index is 1.44. The number of carbonyl (C=O) groups excluding carboxylic acids is 3. The maximum atomic E-state index is 14.0. The van der Waals surface area contributed by atoms with Crippen molar-refractivity contribution in [1.82, 2.24) is 15.5 Å². The summed E-state index contributed by atoms with van der Waals surface area (Å²) in [7, 11) is 1.82. The van der Waals surface area contributed by atoms with E-state index in [9.17, 15) is 18.8 Å². The number of piperidine rings is 1. The Kier molecular flexibility index (Phi) is 8.45. The normalized spacial score (nSPS) is 18.2. The Bertz CT molecular complexity index is 1210. The monoisotopic (exact) mass is 536 g/mol. The van der Waals surface area contributed by atoms with E-state index in [0.29, 0.717) is 44.3 Å². The maximum Gasteiger partial charge on any atom is 0.245 e. The molecule has 4 rings (SSSR count). The summed E-state index contributed by atoms with van der Waals surface area (Å²) in [6, 6.07) is 13.8. The van der Waals surface area contributed by atoms with Crippen LogP contribution in [0.5, 0.6) is 0 Å². The van der Waals surface area contributed by atoms with Gasteiger partial charge in [-0.3, -0.25) is 14.4 Å². The number of benzene rings is 2. The van der Waals surface area contributed by atoms with Gasteiger partial charge in [0.2, 0.25) is 17.7 Å². The number of nitrogens with one attached hydrogen (secondary N) is 2. The Morgan fingerprint density at radius 3 is 2.41 bits per heavy atom. The van der Waals surface area contributed by atoms with Gasteiger partial charge in [0.05, 0.1) is 5.41 Å². The second-order valence-electron chi connectivity index (χ2n) is 12.0. The lowest BCUT2D eigenvalue weighted by atomic mass is 9.86. The van der Waals surface area contributed by atoms with Crippen LogP contribution in [0.2, 0.25) is 0 Å². The molecule has 0 bridgehead atoms. The number of halogens is 1. The highest BCUT2D eigenvalue weighted by molar-refractivity contribution is 6.08. The van der Waals surface area contributed by atoms with Crippen LogP contribution in [-0.4, -0.2) is 60.4 Å². The number of likely N-dealkylation sites (tertiary alicyclic amines) is 1. The van der Waals surface area contributed by atoms with E-state index in [4.69, 9.17) is 0 Å². The molecule has 3 amide bonds. The highest BCUT2D eigenvalue weighted by atomic mass is 19.1. The van der Waals surface area contributed by atoms with E-state index in [-0.39, 0.29) is 41.5 Å². The minimum atomic E-state index is -0.793. The molecule has 0 spiro atoms. The van der Waals surface area contributed by atoms with Gasteiger partial charge in [-0.15, -0.1) is 0 Å². The molecule has 0 saturated carbocycles. The lowest BCUT2D eigenvalue weighted by molar-refractivity contribution is -0.137. The van der Waals surface area contributed by atoms with Gasteiger partial charge in [0.1, 0.15) is 11.9 Å². The summed E-state index contributed by atoms with van der Waals surface area (Å²) in [4.78, 5) is 43.6. The van der Waals surface area contributed by atoms with Crippen molar-refractivity contribution in [2.24, 2.45) is 0 Å². The largest absolute Gasteiger partial charge is 0.344 e. The first-order valence-corrected chi connectivity index (χ1v) is 13.9. The zero-order chi connectivity index (χ0) is 28.4. The van der Waals surface area contributed by atoms with Gasteiger partial charge in [0.15, 0.2) is 0 Å². The fourth-order valence-electron chi connectivity index (χ4n) is 5.62. The van der Waals surface area contributed by atoms with E-state index in [1.165, 1.54) is 12.1 Å². The molecule has 7 nitrogen and oxygen atoms in total. The van der Waals surface area contributed by atoms with Gasteiger partial charge in [0, 0.05) is 36.8 Å². The predicted molar refractivity (Wildman–Crippen MR) is 151 cm³/mol. The molecule has 8 heteroatoms. The molecule has 2 N–H and O–H groups in total. The van der Waals surface area contributed by atoms with Gasteiger partial charge >= 0.3 is 0 Å². The molecular formula is C31H41FN4O3. The van der Waals surface area contributed by atoms with Crippen LogP contribution in [0.3, 0.4) is 0 Å². The number of hydrogen-bond donors (Lipinski definition) is 2. The van der Waals surface area contributed by atoms with Crippen molar-refractivity contribution >= 4 is 23.4 Å². The summed E-state index contributed by atoms with van der Waals surface area (Å²) >= 11 is 0. The molecule has 1 unspecified atom stereocenters. The van der Waals surface area contributed by atoms with E-state index < -0.39 is 11.5 Å². The lowest BCUT2D eigenvalue weighted by Gasteiger charge is -2.39. The summed E-state index contributed by atoms with van der Waals surface area (Å²) in [5.74, 6) is -0.633. The first kappa shape index (κ1) is 28.7. The first-order chi connectivity index (χ1) is 18.4. The number of fused-ring (bicyclic) bond motifs is 1. The number of aryl methyl sites for hydroxylation is 1. The van der Waals surface area contributed by atoms with Crippen molar-refractivity contribution < 1.29 is 18.8 Å². The zero-order valence-corrected chi connectivity index (χ0v) is 23.7. The molecule has 1 saturated heterocycles. The van der Waals surface area contributed by atoms with Crippen LogP contribution in [0.4, 0.5) is 10.1 Å². The topological polar surface area (TPSA) is 81.8 Å². The van der Waals surface area contributed by atoms with Crippen molar-refractivity contribution in [3.8, 4) is 0 Å². The Labute approximate surface area is 231 Å². The minimum Gasteiger partial charge on any atom is -0.344 e. The van der Waals surface area contributed by atoms with E-state index >= 15 is 0 Å². The van der Waals surface area contributed by atoms with Gasteiger partial charge in [-0.25, -0.2) is 4.39 Å². The second-order valence-corrected chi connectivity index (χ2v) is 12.0. The molecule has 2 heterocycles. The molecule has 0 aromatic heterocycles. The molecular weight excluding hydrogens is 495 g/mol. The molecule has 2 aromatic rings. The number of anilines is 1. The number of amides is 3. The maximum absolute atomic E-state index is 14.0. The molecule has 2 aromatic carbocycles. The highest BCUT2D eigenvalue weighted by Crippen LogP contribution is 2.44. The number of rotatable bonds is 9. The van der Waals surface area contributed by atoms with Crippen molar-refractivity contribution in [3.63, 3.8) is 0 Å². The molecule has 0 radical (unpaired) electrons. The lowest BCUT2D eigenvalue weighted by Crippen LogP contribution is -2.55. The summed E-state index contributed by atoms with van der Waals surface area (Å²) in [6.45, 7) is 8.55. The van der Waals surface area contributed by atoms with Crippen LogP contribution in [0.25, 0.3) is 0 Å². The SMILES string of the molecule is CNC(C)(C)CC(=O)NC(CCc1ccccc1)C(=O)N1CCC(N2C(=O)C(C)(C)c3cc(F)ccc32)CC1. The first-order valence-electron chi connectivity index (χ1n) is 13.9. The molecule has 0 aliphatic carbocycles. The van der Waals surface area contributed by atoms with Gasteiger partial charge in [0.25, 0.3) is 0 Å². The van der Waals surface area contributed by atoms with Crippen molar-refractivity contribution in [1.29, 1.82) is 0 Å². The van der Waals surface area contributed by atoms with Crippen molar-refractivity contribution in [2.45, 2.75) is 82.8 Å². The van der Waals surface area contributed by atoms with E-state index in [0.717, 1.165) is 11.3 Å². The number of nitrogens with zero attached hydrogens (tertiary/aromatic N) is 2. The third-order valence-corrected chi connectivity index (χ3v) is 8.26.